The van der Waals surface area contributed by atoms with Gasteiger partial charge in [0.1, 0.15) is 29.6 Å². The van der Waals surface area contributed by atoms with Crippen molar-refractivity contribution in [3.05, 3.63) is 53.6 Å². The van der Waals surface area contributed by atoms with Gasteiger partial charge in [-0.15, -0.1) is 0 Å². The van der Waals surface area contributed by atoms with Crippen LogP contribution in [0.2, 0.25) is 0 Å². The lowest BCUT2D eigenvalue weighted by atomic mass is 9.88. The minimum atomic E-state index is -0.152. The normalized spacial score (nSPS) is 18.5. The zero-order valence-electron chi connectivity index (χ0n) is 12.4. The van der Waals surface area contributed by atoms with E-state index in [1.54, 1.807) is 20.3 Å². The first-order valence-corrected chi connectivity index (χ1v) is 6.94. The molecule has 1 atom stereocenters. The second kappa shape index (κ2) is 5.97. The molecule has 0 saturated heterocycles. The van der Waals surface area contributed by atoms with Crippen molar-refractivity contribution in [1.29, 1.82) is 0 Å². The summed E-state index contributed by atoms with van der Waals surface area (Å²) < 4.78 is 16.3. The Kier molecular flexibility index (Phi) is 3.87. The lowest BCUT2D eigenvalue weighted by Gasteiger charge is -2.27. The number of fused-ring (bicyclic) bond motifs is 1. The average Bonchev–Trinajstić information content (AvgIpc) is 2.60. The van der Waals surface area contributed by atoms with Crippen LogP contribution in [0.25, 0.3) is 0 Å². The van der Waals surface area contributed by atoms with Crippen molar-refractivity contribution in [2.75, 3.05) is 20.8 Å². The number of hydrogen-bond donors (Lipinski definition) is 1. The van der Waals surface area contributed by atoms with Gasteiger partial charge in [0.25, 0.3) is 0 Å². The smallest absolute Gasteiger partial charge is 0.132 e. The monoisotopic (exact) mass is 299 g/mol. The van der Waals surface area contributed by atoms with Gasteiger partial charge < -0.3 is 19.4 Å². The molecule has 1 aliphatic rings. The van der Waals surface area contributed by atoms with E-state index in [2.05, 4.69) is 5.16 Å². The summed E-state index contributed by atoms with van der Waals surface area (Å²) >= 11 is 0. The molecule has 2 aromatic carbocycles. The lowest BCUT2D eigenvalue weighted by Crippen LogP contribution is -2.26. The van der Waals surface area contributed by atoms with Gasteiger partial charge in [-0.1, -0.05) is 17.3 Å². The Morgan fingerprint density at radius 2 is 1.86 bits per heavy atom. The Balaban J connectivity index is 2.01. The largest absolute Gasteiger partial charge is 0.497 e. The van der Waals surface area contributed by atoms with E-state index in [4.69, 9.17) is 14.2 Å². The maximum atomic E-state index is 9.49. The van der Waals surface area contributed by atoms with Crippen LogP contribution in [0.5, 0.6) is 17.2 Å². The average molecular weight is 299 g/mol. The van der Waals surface area contributed by atoms with Gasteiger partial charge in [-0.2, -0.15) is 0 Å². The third kappa shape index (κ3) is 2.45. The van der Waals surface area contributed by atoms with Crippen molar-refractivity contribution < 1.29 is 19.4 Å². The zero-order chi connectivity index (χ0) is 15.5. The highest BCUT2D eigenvalue weighted by Crippen LogP contribution is 2.36. The standard InChI is InChI=1S/C17H17NO4/c1-20-12-5-3-4-11(8-12)15-10-22-16-9-13(21-2)6-7-14(16)17(15)18-19/h3-9,15,19H,10H2,1-2H3/b18-17+. The van der Waals surface area contributed by atoms with Crippen molar-refractivity contribution in [1.82, 2.24) is 0 Å². The molecule has 0 bridgehead atoms. The molecule has 22 heavy (non-hydrogen) atoms. The van der Waals surface area contributed by atoms with Gasteiger partial charge in [0.2, 0.25) is 0 Å². The number of ether oxygens (including phenoxy) is 3. The molecular formula is C17H17NO4. The van der Waals surface area contributed by atoms with Crippen molar-refractivity contribution in [2.45, 2.75) is 5.92 Å². The van der Waals surface area contributed by atoms with E-state index < -0.39 is 0 Å². The SMILES string of the molecule is COc1cccc(C2COc3cc(OC)ccc3/C2=N\O)c1. The van der Waals surface area contributed by atoms with Crippen molar-refractivity contribution >= 4 is 5.71 Å². The van der Waals surface area contributed by atoms with Crippen molar-refractivity contribution in [3.8, 4) is 17.2 Å². The van der Waals surface area contributed by atoms with Crippen LogP contribution in [0.3, 0.4) is 0 Å². The Morgan fingerprint density at radius 3 is 2.59 bits per heavy atom. The molecule has 0 radical (unpaired) electrons. The Labute approximate surface area is 128 Å². The predicted molar refractivity (Wildman–Crippen MR) is 82.5 cm³/mol. The summed E-state index contributed by atoms with van der Waals surface area (Å²) in [5, 5.41) is 13.0. The summed E-state index contributed by atoms with van der Waals surface area (Å²) in [6.45, 7) is 0.396. The summed E-state index contributed by atoms with van der Waals surface area (Å²) in [5.74, 6) is 1.97. The second-order valence-corrected chi connectivity index (χ2v) is 4.99. The van der Waals surface area contributed by atoms with E-state index in [-0.39, 0.29) is 5.92 Å². The summed E-state index contributed by atoms with van der Waals surface area (Å²) in [7, 11) is 3.23. The first-order chi connectivity index (χ1) is 10.8. The van der Waals surface area contributed by atoms with Gasteiger partial charge in [0.05, 0.1) is 20.1 Å². The van der Waals surface area contributed by atoms with Crippen LogP contribution in [0.4, 0.5) is 0 Å². The Bertz CT molecular complexity index is 712. The molecule has 114 valence electrons. The third-order valence-corrected chi connectivity index (χ3v) is 3.80. The van der Waals surface area contributed by atoms with E-state index in [1.165, 1.54) is 0 Å². The molecule has 1 N–H and O–H groups in total. The van der Waals surface area contributed by atoms with Gasteiger partial charge in [-0.3, -0.25) is 0 Å². The lowest BCUT2D eigenvalue weighted by molar-refractivity contribution is 0.283. The molecule has 0 saturated carbocycles. The fraction of sp³-hybridized carbons (Fsp3) is 0.235. The number of rotatable bonds is 3. The summed E-state index contributed by atoms with van der Waals surface area (Å²) in [6, 6.07) is 13.1. The van der Waals surface area contributed by atoms with Gasteiger partial charge in [0, 0.05) is 11.6 Å². The molecule has 5 heteroatoms. The van der Waals surface area contributed by atoms with Crippen LogP contribution >= 0.6 is 0 Å². The minimum absolute atomic E-state index is 0.152. The predicted octanol–water partition coefficient (Wildman–Crippen LogP) is 3.06. The summed E-state index contributed by atoms with van der Waals surface area (Å²) in [6.07, 6.45) is 0. The zero-order valence-corrected chi connectivity index (χ0v) is 12.4. The van der Waals surface area contributed by atoms with Crippen LogP contribution < -0.4 is 14.2 Å². The van der Waals surface area contributed by atoms with Gasteiger partial charge in [-0.25, -0.2) is 0 Å². The molecule has 0 aromatic heterocycles. The fourth-order valence-electron chi connectivity index (χ4n) is 2.64. The van der Waals surface area contributed by atoms with E-state index in [0.29, 0.717) is 23.8 Å². The third-order valence-electron chi connectivity index (χ3n) is 3.80. The number of hydrogen-bond acceptors (Lipinski definition) is 5. The number of nitrogens with zero attached hydrogens (tertiary/aromatic N) is 1. The van der Waals surface area contributed by atoms with Crippen LogP contribution in [0.1, 0.15) is 17.0 Å². The van der Waals surface area contributed by atoms with Crippen LogP contribution in [0, 0.1) is 0 Å². The van der Waals surface area contributed by atoms with Crippen molar-refractivity contribution in [3.63, 3.8) is 0 Å². The molecule has 0 amide bonds. The van der Waals surface area contributed by atoms with E-state index >= 15 is 0 Å². The molecule has 0 fully saturated rings. The van der Waals surface area contributed by atoms with Gasteiger partial charge in [0.15, 0.2) is 0 Å². The highest BCUT2D eigenvalue weighted by molar-refractivity contribution is 6.08. The maximum Gasteiger partial charge on any atom is 0.132 e. The summed E-state index contributed by atoms with van der Waals surface area (Å²) in [4.78, 5) is 0. The summed E-state index contributed by atoms with van der Waals surface area (Å²) in [5.41, 5.74) is 2.33. The molecule has 0 spiro atoms. The van der Waals surface area contributed by atoms with E-state index in [0.717, 1.165) is 16.9 Å². The highest BCUT2D eigenvalue weighted by Gasteiger charge is 2.29. The Morgan fingerprint density at radius 1 is 1.09 bits per heavy atom. The minimum Gasteiger partial charge on any atom is -0.497 e. The topological polar surface area (TPSA) is 60.3 Å². The molecule has 3 rings (SSSR count). The van der Waals surface area contributed by atoms with Gasteiger partial charge >= 0.3 is 0 Å². The molecule has 5 nitrogen and oxygen atoms in total. The first kappa shape index (κ1) is 14.3. The van der Waals surface area contributed by atoms with Crippen LogP contribution in [0.15, 0.2) is 47.6 Å². The molecule has 0 aliphatic carbocycles. The van der Waals surface area contributed by atoms with Crippen molar-refractivity contribution in [2.24, 2.45) is 5.16 Å². The number of oxime groups is 1. The van der Waals surface area contributed by atoms with Crippen LogP contribution in [-0.2, 0) is 0 Å². The quantitative estimate of drug-likeness (QED) is 0.699. The number of methoxy groups -OCH3 is 2. The Hall–Kier alpha value is -2.69. The van der Waals surface area contributed by atoms with E-state index in [9.17, 15) is 5.21 Å². The van der Waals surface area contributed by atoms with Gasteiger partial charge in [-0.05, 0) is 29.8 Å². The number of benzene rings is 2. The molecular weight excluding hydrogens is 282 g/mol. The molecule has 1 aliphatic heterocycles. The van der Waals surface area contributed by atoms with Crippen LogP contribution in [-0.4, -0.2) is 31.7 Å². The fourth-order valence-corrected chi connectivity index (χ4v) is 2.64. The van der Waals surface area contributed by atoms with E-state index in [1.807, 2.05) is 36.4 Å². The molecule has 2 aromatic rings. The molecule has 1 unspecified atom stereocenters. The second-order valence-electron chi connectivity index (χ2n) is 4.99. The maximum absolute atomic E-state index is 9.49. The molecule has 1 heterocycles. The highest BCUT2D eigenvalue weighted by atomic mass is 16.5. The first-order valence-electron chi connectivity index (χ1n) is 6.94.